The monoisotopic (exact) mass is 252 g/mol. The number of rotatable bonds is 5. The van der Waals surface area contributed by atoms with Crippen molar-refractivity contribution in [2.24, 2.45) is 0 Å². The molecule has 0 amide bonds. The highest BCUT2D eigenvalue weighted by Crippen LogP contribution is 2.30. The van der Waals surface area contributed by atoms with Crippen LogP contribution in [0.5, 0.6) is 0 Å². The molecule has 1 aromatic carbocycles. The maximum absolute atomic E-state index is 5.03. The number of thioether (sulfide) groups is 1. The zero-order chi connectivity index (χ0) is 12.0. The van der Waals surface area contributed by atoms with Crippen molar-refractivity contribution in [3.05, 3.63) is 42.7 Å². The van der Waals surface area contributed by atoms with Crippen LogP contribution in [0.2, 0.25) is 19.6 Å². The number of methoxy groups -OCH3 is 1. The molecule has 0 heterocycles. The van der Waals surface area contributed by atoms with Crippen molar-refractivity contribution in [1.82, 2.24) is 0 Å². The zero-order valence-corrected chi connectivity index (χ0v) is 12.3. The van der Waals surface area contributed by atoms with Gasteiger partial charge in [0.25, 0.3) is 0 Å². The minimum Gasteiger partial charge on any atom is -0.505 e. The third-order valence-corrected chi connectivity index (χ3v) is 7.58. The van der Waals surface area contributed by atoms with Gasteiger partial charge < -0.3 is 4.74 Å². The summed E-state index contributed by atoms with van der Waals surface area (Å²) in [5.41, 5.74) is 0. The molecule has 3 heteroatoms. The normalized spacial score (nSPS) is 14.0. The summed E-state index contributed by atoms with van der Waals surface area (Å²) in [6, 6.07) is 10.6. The van der Waals surface area contributed by atoms with Crippen molar-refractivity contribution in [3.8, 4) is 0 Å². The molecule has 0 N–H and O–H groups in total. The van der Waals surface area contributed by atoms with Crippen molar-refractivity contribution in [1.29, 1.82) is 0 Å². The molecule has 1 rings (SSSR count). The van der Waals surface area contributed by atoms with Crippen molar-refractivity contribution < 1.29 is 4.74 Å². The van der Waals surface area contributed by atoms with E-state index in [-0.39, 0.29) is 0 Å². The first-order chi connectivity index (χ1) is 7.54. The number of hydrogen-bond donors (Lipinski definition) is 0. The predicted octanol–water partition coefficient (Wildman–Crippen LogP) is 4.18. The first kappa shape index (κ1) is 13.4. The van der Waals surface area contributed by atoms with Gasteiger partial charge in [0, 0.05) is 9.77 Å². The van der Waals surface area contributed by atoms with Gasteiger partial charge >= 0.3 is 0 Å². The third kappa shape index (κ3) is 4.45. The Morgan fingerprint density at radius 1 is 1.19 bits per heavy atom. The maximum Gasteiger partial charge on any atom is 0.0792 e. The Morgan fingerprint density at radius 2 is 1.81 bits per heavy atom. The molecule has 0 aliphatic carbocycles. The fraction of sp³-hybridized carbons (Fsp3) is 0.385. The van der Waals surface area contributed by atoms with Crippen LogP contribution in [0.15, 0.2) is 47.6 Å². The van der Waals surface area contributed by atoms with Gasteiger partial charge in [0.15, 0.2) is 0 Å². The third-order valence-electron chi connectivity index (χ3n) is 2.25. The molecule has 88 valence electrons. The highest BCUT2D eigenvalue weighted by Gasteiger charge is 2.25. The molecule has 0 spiro atoms. The molecule has 0 radical (unpaired) electrons. The molecule has 0 bridgehead atoms. The maximum atomic E-state index is 5.03. The Morgan fingerprint density at radius 3 is 2.31 bits per heavy atom. The van der Waals surface area contributed by atoms with Crippen molar-refractivity contribution in [2.45, 2.75) is 29.4 Å². The Balaban J connectivity index is 2.75. The second-order valence-corrected chi connectivity index (χ2v) is 11.8. The van der Waals surface area contributed by atoms with E-state index < -0.39 is 8.07 Å². The van der Waals surface area contributed by atoms with Gasteiger partial charge in [-0.15, -0.1) is 11.8 Å². The van der Waals surface area contributed by atoms with Gasteiger partial charge in [-0.25, -0.2) is 0 Å². The molecule has 1 aromatic rings. The molecule has 0 fully saturated rings. The Kier molecular flexibility index (Phi) is 5.15. The minimum absolute atomic E-state index is 0.551. The first-order valence-corrected chi connectivity index (χ1v) is 9.91. The summed E-state index contributed by atoms with van der Waals surface area (Å²) in [6.45, 7) is 7.15. The average Bonchev–Trinajstić information content (AvgIpc) is 2.24. The molecule has 1 atom stereocenters. The number of benzene rings is 1. The highest BCUT2D eigenvalue weighted by molar-refractivity contribution is 8.01. The van der Waals surface area contributed by atoms with E-state index in [1.165, 1.54) is 4.90 Å². The summed E-state index contributed by atoms with van der Waals surface area (Å²) in [5.74, 6) is 0. The summed E-state index contributed by atoms with van der Waals surface area (Å²) in [6.07, 6.45) is 3.99. The fourth-order valence-electron chi connectivity index (χ4n) is 1.30. The van der Waals surface area contributed by atoms with Gasteiger partial charge in [0.1, 0.15) is 0 Å². The molecular formula is C13H20OSSi. The van der Waals surface area contributed by atoms with Crippen LogP contribution in [0, 0.1) is 0 Å². The smallest absolute Gasteiger partial charge is 0.0792 e. The second-order valence-electron chi connectivity index (χ2n) is 4.78. The molecule has 0 aliphatic rings. The summed E-state index contributed by atoms with van der Waals surface area (Å²) in [4.78, 5) is 1.88. The first-order valence-electron chi connectivity index (χ1n) is 5.45. The molecule has 0 aliphatic heterocycles. The van der Waals surface area contributed by atoms with Gasteiger partial charge in [0.2, 0.25) is 0 Å². The van der Waals surface area contributed by atoms with Crippen LogP contribution >= 0.6 is 11.8 Å². The Labute approximate surface area is 104 Å². The van der Waals surface area contributed by atoms with Gasteiger partial charge in [-0.3, -0.25) is 0 Å². The molecule has 16 heavy (non-hydrogen) atoms. The van der Waals surface area contributed by atoms with E-state index in [0.717, 1.165) is 0 Å². The lowest BCUT2D eigenvalue weighted by Gasteiger charge is -2.25. The van der Waals surface area contributed by atoms with E-state index >= 15 is 0 Å². The molecule has 0 aromatic heterocycles. The lowest BCUT2D eigenvalue weighted by atomic mass is 10.4. The van der Waals surface area contributed by atoms with Gasteiger partial charge in [-0.2, -0.15) is 0 Å². The van der Waals surface area contributed by atoms with Crippen LogP contribution < -0.4 is 0 Å². The summed E-state index contributed by atoms with van der Waals surface area (Å²) < 4.78 is 5.03. The highest BCUT2D eigenvalue weighted by atomic mass is 32.2. The molecule has 0 saturated heterocycles. The lowest BCUT2D eigenvalue weighted by Crippen LogP contribution is -2.34. The Bertz CT molecular complexity index is 330. The second kappa shape index (κ2) is 6.16. The molecule has 0 saturated carbocycles. The van der Waals surface area contributed by atoms with E-state index in [1.807, 2.05) is 11.8 Å². The van der Waals surface area contributed by atoms with Gasteiger partial charge in [-0.1, -0.05) is 37.8 Å². The quantitative estimate of drug-likeness (QED) is 0.441. The van der Waals surface area contributed by atoms with E-state index in [4.69, 9.17) is 4.74 Å². The lowest BCUT2D eigenvalue weighted by molar-refractivity contribution is 0.337. The molecule has 1 nitrogen and oxygen atoms in total. The largest absolute Gasteiger partial charge is 0.505 e. The van der Waals surface area contributed by atoms with Crippen LogP contribution in [-0.2, 0) is 4.74 Å². The number of hydrogen-bond acceptors (Lipinski definition) is 2. The predicted molar refractivity (Wildman–Crippen MR) is 75.6 cm³/mol. The van der Waals surface area contributed by atoms with Crippen LogP contribution in [0.25, 0.3) is 0 Å². The summed E-state index contributed by atoms with van der Waals surface area (Å²) in [7, 11) is 0.489. The fourth-order valence-corrected chi connectivity index (χ4v) is 4.53. The van der Waals surface area contributed by atoms with Crippen molar-refractivity contribution in [2.75, 3.05) is 7.11 Å². The molecular weight excluding hydrogens is 232 g/mol. The topological polar surface area (TPSA) is 9.23 Å². The molecule has 1 unspecified atom stereocenters. The van der Waals surface area contributed by atoms with Crippen molar-refractivity contribution in [3.63, 3.8) is 0 Å². The van der Waals surface area contributed by atoms with E-state index in [9.17, 15) is 0 Å². The Hall–Kier alpha value is -0.673. The van der Waals surface area contributed by atoms with E-state index in [2.05, 4.69) is 56.0 Å². The van der Waals surface area contributed by atoms with Crippen molar-refractivity contribution >= 4 is 19.8 Å². The standard InChI is InChI=1S/C13H20OSSi/c1-14-11-10-13(16(2,3)4)15-12-8-6-5-7-9-12/h5-11,13H,1-4H3/b11-10+. The minimum atomic E-state index is -1.21. The van der Waals surface area contributed by atoms with E-state index in [1.54, 1.807) is 13.4 Å². The number of ether oxygens (including phenoxy) is 1. The van der Waals surface area contributed by atoms with Gasteiger partial charge in [-0.05, 0) is 18.2 Å². The van der Waals surface area contributed by atoms with Crippen LogP contribution in [0.4, 0.5) is 0 Å². The van der Waals surface area contributed by atoms with Crippen LogP contribution in [0.3, 0.4) is 0 Å². The summed E-state index contributed by atoms with van der Waals surface area (Å²) in [5, 5.41) is 0. The van der Waals surface area contributed by atoms with Crippen LogP contribution in [-0.4, -0.2) is 20.1 Å². The summed E-state index contributed by atoms with van der Waals surface area (Å²) >= 11 is 1.93. The van der Waals surface area contributed by atoms with Crippen LogP contribution in [0.1, 0.15) is 0 Å². The SMILES string of the molecule is CO/C=C/C(Sc1ccccc1)[Si](C)(C)C. The average molecular weight is 252 g/mol. The zero-order valence-electron chi connectivity index (χ0n) is 10.4. The van der Waals surface area contributed by atoms with E-state index in [0.29, 0.717) is 4.87 Å². The van der Waals surface area contributed by atoms with Gasteiger partial charge in [0.05, 0.1) is 21.4 Å².